The largest absolute Gasteiger partial charge is 0.314 e. The first-order chi connectivity index (χ1) is 7.29. The third-order valence-electron chi connectivity index (χ3n) is 3.33. The summed E-state index contributed by atoms with van der Waals surface area (Å²) in [6.07, 6.45) is 5.49. The Labute approximate surface area is 96.9 Å². The molecule has 15 heavy (non-hydrogen) atoms. The zero-order chi connectivity index (χ0) is 10.7. The molecule has 0 amide bonds. The van der Waals surface area contributed by atoms with Crippen LogP contribution in [0.5, 0.6) is 0 Å². The van der Waals surface area contributed by atoms with Gasteiger partial charge in [0.1, 0.15) is 0 Å². The summed E-state index contributed by atoms with van der Waals surface area (Å²) in [5.74, 6) is 0.821. The van der Waals surface area contributed by atoms with Gasteiger partial charge in [-0.05, 0) is 50.8 Å². The van der Waals surface area contributed by atoms with Crippen LogP contribution in [0, 0.1) is 6.92 Å². The fourth-order valence-electron chi connectivity index (χ4n) is 2.60. The molecule has 0 radical (unpaired) electrons. The molecule has 0 aliphatic heterocycles. The van der Waals surface area contributed by atoms with Crippen LogP contribution in [0.25, 0.3) is 0 Å². The van der Waals surface area contributed by atoms with E-state index < -0.39 is 0 Å². The second-order valence-corrected chi connectivity index (χ2v) is 5.89. The molecule has 1 saturated carbocycles. The van der Waals surface area contributed by atoms with Gasteiger partial charge in [-0.3, -0.25) is 0 Å². The van der Waals surface area contributed by atoms with Crippen molar-refractivity contribution in [2.75, 3.05) is 6.54 Å². The molecule has 2 rings (SSSR count). The first kappa shape index (κ1) is 11.2. The summed E-state index contributed by atoms with van der Waals surface area (Å²) in [5.41, 5.74) is 0. The summed E-state index contributed by atoms with van der Waals surface area (Å²) in [6.45, 7) is 5.53. The summed E-state index contributed by atoms with van der Waals surface area (Å²) in [7, 11) is 0. The Kier molecular flexibility index (Phi) is 3.81. The standard InChI is InChI=1S/C13H21NS/c1-3-14-12-6-4-5-11(9-12)13-8-7-10(2)15-13/h7-8,11-12,14H,3-6,9H2,1-2H3. The predicted molar refractivity (Wildman–Crippen MR) is 67.7 cm³/mol. The minimum Gasteiger partial charge on any atom is -0.314 e. The van der Waals surface area contributed by atoms with Gasteiger partial charge in [0.05, 0.1) is 0 Å². The van der Waals surface area contributed by atoms with E-state index in [0.717, 1.165) is 18.5 Å². The van der Waals surface area contributed by atoms with E-state index in [0.29, 0.717) is 0 Å². The first-order valence-corrected chi connectivity index (χ1v) is 6.91. The Morgan fingerprint density at radius 1 is 1.40 bits per heavy atom. The summed E-state index contributed by atoms with van der Waals surface area (Å²) >= 11 is 1.99. The Hall–Kier alpha value is -0.340. The second kappa shape index (κ2) is 5.13. The van der Waals surface area contributed by atoms with Crippen molar-refractivity contribution in [2.45, 2.75) is 51.5 Å². The van der Waals surface area contributed by atoms with Gasteiger partial charge in [-0.1, -0.05) is 13.3 Å². The van der Waals surface area contributed by atoms with Gasteiger partial charge in [0, 0.05) is 15.8 Å². The topological polar surface area (TPSA) is 12.0 Å². The van der Waals surface area contributed by atoms with Gasteiger partial charge in [0.2, 0.25) is 0 Å². The van der Waals surface area contributed by atoms with Crippen LogP contribution < -0.4 is 5.32 Å². The lowest BCUT2D eigenvalue weighted by Crippen LogP contribution is -2.33. The van der Waals surface area contributed by atoms with Crippen molar-refractivity contribution < 1.29 is 0 Å². The fourth-order valence-corrected chi connectivity index (χ4v) is 3.62. The molecule has 1 aromatic heterocycles. The van der Waals surface area contributed by atoms with E-state index in [4.69, 9.17) is 0 Å². The van der Waals surface area contributed by atoms with Crippen LogP contribution in [0.2, 0.25) is 0 Å². The molecule has 1 aliphatic rings. The number of thiophene rings is 1. The highest BCUT2D eigenvalue weighted by molar-refractivity contribution is 7.12. The second-order valence-electron chi connectivity index (χ2n) is 4.57. The highest BCUT2D eigenvalue weighted by Crippen LogP contribution is 2.36. The molecule has 0 aromatic carbocycles. The molecule has 1 aromatic rings. The van der Waals surface area contributed by atoms with Crippen molar-refractivity contribution in [2.24, 2.45) is 0 Å². The van der Waals surface area contributed by atoms with Crippen molar-refractivity contribution in [3.05, 3.63) is 21.9 Å². The molecule has 84 valence electrons. The summed E-state index contributed by atoms with van der Waals surface area (Å²) in [6, 6.07) is 5.35. The van der Waals surface area contributed by atoms with E-state index >= 15 is 0 Å². The number of rotatable bonds is 3. The van der Waals surface area contributed by atoms with Gasteiger partial charge >= 0.3 is 0 Å². The molecule has 1 heterocycles. The zero-order valence-electron chi connectivity index (χ0n) is 9.75. The van der Waals surface area contributed by atoms with Crippen molar-refractivity contribution in [3.63, 3.8) is 0 Å². The normalized spacial score (nSPS) is 26.8. The van der Waals surface area contributed by atoms with Gasteiger partial charge in [-0.25, -0.2) is 0 Å². The van der Waals surface area contributed by atoms with E-state index in [1.54, 1.807) is 4.88 Å². The van der Waals surface area contributed by atoms with Crippen LogP contribution in [-0.2, 0) is 0 Å². The van der Waals surface area contributed by atoms with Crippen LogP contribution in [-0.4, -0.2) is 12.6 Å². The van der Waals surface area contributed by atoms with Crippen LogP contribution in [0.3, 0.4) is 0 Å². The Bertz CT molecular complexity index is 303. The van der Waals surface area contributed by atoms with E-state index in [2.05, 4.69) is 31.3 Å². The van der Waals surface area contributed by atoms with Crippen molar-refractivity contribution in [1.29, 1.82) is 0 Å². The Balaban J connectivity index is 1.98. The van der Waals surface area contributed by atoms with E-state index in [-0.39, 0.29) is 0 Å². The Morgan fingerprint density at radius 2 is 2.27 bits per heavy atom. The van der Waals surface area contributed by atoms with Crippen molar-refractivity contribution >= 4 is 11.3 Å². The molecule has 0 spiro atoms. The van der Waals surface area contributed by atoms with Crippen molar-refractivity contribution in [1.82, 2.24) is 5.32 Å². The monoisotopic (exact) mass is 223 g/mol. The SMILES string of the molecule is CCNC1CCCC(c2ccc(C)s2)C1. The Morgan fingerprint density at radius 3 is 2.93 bits per heavy atom. The maximum absolute atomic E-state index is 3.60. The van der Waals surface area contributed by atoms with Gasteiger partial charge in [-0.15, -0.1) is 11.3 Å². The lowest BCUT2D eigenvalue weighted by atomic mass is 9.85. The highest BCUT2D eigenvalue weighted by atomic mass is 32.1. The predicted octanol–water partition coefficient (Wildman–Crippen LogP) is 3.69. The molecule has 2 heteroatoms. The molecule has 1 N–H and O–H groups in total. The average molecular weight is 223 g/mol. The lowest BCUT2D eigenvalue weighted by molar-refractivity contribution is 0.347. The van der Waals surface area contributed by atoms with Crippen LogP contribution in [0.4, 0.5) is 0 Å². The fraction of sp³-hybridized carbons (Fsp3) is 0.692. The van der Waals surface area contributed by atoms with Gasteiger partial charge in [-0.2, -0.15) is 0 Å². The molecule has 1 fully saturated rings. The van der Waals surface area contributed by atoms with E-state index in [1.165, 1.54) is 30.6 Å². The maximum atomic E-state index is 3.60. The van der Waals surface area contributed by atoms with Gasteiger partial charge in [0.25, 0.3) is 0 Å². The summed E-state index contributed by atoms with van der Waals surface area (Å²) in [5, 5.41) is 3.60. The molecule has 0 bridgehead atoms. The quantitative estimate of drug-likeness (QED) is 0.824. The van der Waals surface area contributed by atoms with E-state index in [9.17, 15) is 0 Å². The third-order valence-corrected chi connectivity index (χ3v) is 4.49. The molecular formula is C13H21NS. The third kappa shape index (κ3) is 2.82. The number of aryl methyl sites for hydroxylation is 1. The van der Waals surface area contributed by atoms with Crippen LogP contribution in [0.15, 0.2) is 12.1 Å². The van der Waals surface area contributed by atoms with Crippen LogP contribution in [0.1, 0.15) is 48.3 Å². The molecular weight excluding hydrogens is 202 g/mol. The summed E-state index contributed by atoms with van der Waals surface area (Å²) in [4.78, 5) is 3.06. The minimum atomic E-state index is 0.760. The zero-order valence-corrected chi connectivity index (χ0v) is 10.6. The van der Waals surface area contributed by atoms with Gasteiger partial charge < -0.3 is 5.32 Å². The molecule has 2 unspecified atom stereocenters. The smallest absolute Gasteiger partial charge is 0.00796 e. The number of nitrogens with one attached hydrogen (secondary N) is 1. The highest BCUT2D eigenvalue weighted by Gasteiger charge is 2.23. The summed E-state index contributed by atoms with van der Waals surface area (Å²) < 4.78 is 0. The molecule has 0 saturated heterocycles. The number of hydrogen-bond donors (Lipinski definition) is 1. The van der Waals surface area contributed by atoms with Crippen molar-refractivity contribution in [3.8, 4) is 0 Å². The minimum absolute atomic E-state index is 0.760. The maximum Gasteiger partial charge on any atom is 0.00796 e. The molecule has 1 aliphatic carbocycles. The average Bonchev–Trinajstić information content (AvgIpc) is 2.66. The number of hydrogen-bond acceptors (Lipinski definition) is 2. The van der Waals surface area contributed by atoms with E-state index in [1.807, 2.05) is 11.3 Å². The van der Waals surface area contributed by atoms with Crippen LogP contribution >= 0.6 is 11.3 Å². The first-order valence-electron chi connectivity index (χ1n) is 6.09. The molecule has 1 nitrogen and oxygen atoms in total. The molecule has 2 atom stereocenters. The van der Waals surface area contributed by atoms with Gasteiger partial charge in [0.15, 0.2) is 0 Å². The lowest BCUT2D eigenvalue weighted by Gasteiger charge is -2.29.